The van der Waals surface area contributed by atoms with Crippen molar-refractivity contribution >= 4 is 18.2 Å². The first-order valence-corrected chi connectivity index (χ1v) is 12.3. The van der Waals surface area contributed by atoms with Crippen molar-refractivity contribution in [1.82, 2.24) is 9.80 Å². The number of rotatable bonds is 5. The summed E-state index contributed by atoms with van der Waals surface area (Å²) < 4.78 is 11.1. The normalized spacial score (nSPS) is 16.9. The highest BCUT2D eigenvalue weighted by molar-refractivity contribution is 5.81. The van der Waals surface area contributed by atoms with Gasteiger partial charge in [-0.3, -0.25) is 9.80 Å². The van der Waals surface area contributed by atoms with Gasteiger partial charge in [-0.25, -0.2) is 14.4 Å². The molecule has 1 aliphatic heterocycles. The summed E-state index contributed by atoms with van der Waals surface area (Å²) in [5.74, 6) is -1.29. The fourth-order valence-corrected chi connectivity index (χ4v) is 5.06. The van der Waals surface area contributed by atoms with Gasteiger partial charge < -0.3 is 14.6 Å². The van der Waals surface area contributed by atoms with Gasteiger partial charge in [0.1, 0.15) is 25.9 Å². The Labute approximate surface area is 215 Å². The minimum atomic E-state index is -1.13. The highest BCUT2D eigenvalue weighted by atomic mass is 16.6. The minimum Gasteiger partial charge on any atom is -0.480 e. The molecule has 37 heavy (non-hydrogen) atoms. The number of carbonyl (C=O) groups is 3. The van der Waals surface area contributed by atoms with Gasteiger partial charge in [-0.2, -0.15) is 0 Å². The molecule has 190 valence electrons. The molecule has 0 saturated carbocycles. The maximum Gasteiger partial charge on any atom is 0.411 e. The van der Waals surface area contributed by atoms with E-state index in [1.54, 1.807) is 0 Å². The Kier molecular flexibility index (Phi) is 7.07. The molecule has 2 aliphatic rings. The molecule has 0 unspecified atom stereocenters. The van der Waals surface area contributed by atoms with Crippen LogP contribution in [0.1, 0.15) is 35.4 Å². The zero-order chi connectivity index (χ0) is 25.8. The fourth-order valence-electron chi connectivity index (χ4n) is 5.06. The van der Waals surface area contributed by atoms with E-state index in [0.717, 1.165) is 32.7 Å². The standard InChI is InChI=1S/C29H28N2O6/c32-27(33)26-15-8-16-30(28(34)36-17-20-9-2-1-3-10-20)19-31(26)29(35)37-18-25-23-13-6-4-11-21(23)22-12-5-7-14-24(22)25/h1-7,9-14,25-26H,8,15-19H2,(H,32,33)/t26-/m0/s1. The average molecular weight is 501 g/mol. The van der Waals surface area contributed by atoms with Crippen LogP contribution in [0.15, 0.2) is 78.9 Å². The van der Waals surface area contributed by atoms with Gasteiger partial charge in [0.15, 0.2) is 0 Å². The van der Waals surface area contributed by atoms with Crippen molar-refractivity contribution in [2.45, 2.75) is 31.4 Å². The third kappa shape index (κ3) is 5.14. The summed E-state index contributed by atoms with van der Waals surface area (Å²) in [6, 6.07) is 24.2. The maximum atomic E-state index is 13.3. The molecule has 0 aromatic heterocycles. The van der Waals surface area contributed by atoms with Crippen LogP contribution in [0.25, 0.3) is 11.1 Å². The number of amides is 2. The van der Waals surface area contributed by atoms with Crippen LogP contribution >= 0.6 is 0 Å². The molecular formula is C29H28N2O6. The highest BCUT2D eigenvalue weighted by Gasteiger charge is 2.37. The van der Waals surface area contributed by atoms with E-state index in [9.17, 15) is 19.5 Å². The van der Waals surface area contributed by atoms with Gasteiger partial charge in [0, 0.05) is 12.5 Å². The Hall–Kier alpha value is -4.33. The number of hydrogen-bond acceptors (Lipinski definition) is 5. The van der Waals surface area contributed by atoms with Crippen LogP contribution in [-0.2, 0) is 20.9 Å². The number of aliphatic carboxylic acids is 1. The summed E-state index contributed by atoms with van der Waals surface area (Å²) in [6.07, 6.45) is -0.740. The van der Waals surface area contributed by atoms with E-state index in [1.165, 1.54) is 4.90 Å². The number of hydrogen-bond donors (Lipinski definition) is 1. The SMILES string of the molecule is O=C(O)[C@@H]1CCCN(C(=O)OCc2ccccc2)CN1C(=O)OCC1c2ccccc2-c2ccccc21. The number of fused-ring (bicyclic) bond motifs is 3. The zero-order valence-corrected chi connectivity index (χ0v) is 20.3. The molecule has 5 rings (SSSR count). The van der Waals surface area contributed by atoms with Crippen LogP contribution in [0.4, 0.5) is 9.59 Å². The topological polar surface area (TPSA) is 96.4 Å². The Bertz CT molecular complexity index is 1250. The third-order valence-corrected chi connectivity index (χ3v) is 6.92. The summed E-state index contributed by atoms with van der Waals surface area (Å²) in [7, 11) is 0. The lowest BCUT2D eigenvalue weighted by Crippen LogP contribution is -2.50. The van der Waals surface area contributed by atoms with Crippen LogP contribution in [0.2, 0.25) is 0 Å². The number of ether oxygens (including phenoxy) is 2. The molecule has 8 heteroatoms. The molecule has 1 N–H and O–H groups in total. The Balaban J connectivity index is 1.29. The minimum absolute atomic E-state index is 0.0636. The summed E-state index contributed by atoms with van der Waals surface area (Å²) in [5, 5.41) is 9.82. The van der Waals surface area contributed by atoms with Gasteiger partial charge in [0.2, 0.25) is 0 Å². The molecule has 0 bridgehead atoms. The van der Waals surface area contributed by atoms with Gasteiger partial charge >= 0.3 is 18.2 Å². The van der Waals surface area contributed by atoms with Gasteiger partial charge in [-0.15, -0.1) is 0 Å². The lowest BCUT2D eigenvalue weighted by Gasteiger charge is -2.30. The van der Waals surface area contributed by atoms with Crippen LogP contribution in [0.3, 0.4) is 0 Å². The van der Waals surface area contributed by atoms with Crippen molar-refractivity contribution in [1.29, 1.82) is 0 Å². The van der Waals surface area contributed by atoms with Crippen LogP contribution in [0.5, 0.6) is 0 Å². The van der Waals surface area contributed by atoms with Gasteiger partial charge in [0.25, 0.3) is 0 Å². The molecule has 1 atom stereocenters. The van der Waals surface area contributed by atoms with E-state index in [4.69, 9.17) is 9.47 Å². The summed E-state index contributed by atoms with van der Waals surface area (Å²) in [4.78, 5) is 40.5. The van der Waals surface area contributed by atoms with Gasteiger partial charge in [-0.05, 0) is 40.7 Å². The zero-order valence-electron chi connectivity index (χ0n) is 20.3. The first kappa shape index (κ1) is 24.4. The van der Waals surface area contributed by atoms with Crippen molar-refractivity contribution in [2.75, 3.05) is 19.8 Å². The molecule has 3 aromatic carbocycles. The quantitative estimate of drug-likeness (QED) is 0.525. The number of carboxylic acids is 1. The van der Waals surface area contributed by atoms with E-state index in [0.29, 0.717) is 6.42 Å². The molecule has 2 amide bonds. The second-order valence-electron chi connectivity index (χ2n) is 9.22. The second kappa shape index (κ2) is 10.7. The Morgan fingerprint density at radius 1 is 0.811 bits per heavy atom. The van der Waals surface area contributed by atoms with Gasteiger partial charge in [-0.1, -0.05) is 78.9 Å². The molecule has 3 aromatic rings. The van der Waals surface area contributed by atoms with E-state index in [-0.39, 0.29) is 38.8 Å². The highest BCUT2D eigenvalue weighted by Crippen LogP contribution is 2.44. The average Bonchev–Trinajstić information content (AvgIpc) is 3.07. The van der Waals surface area contributed by atoms with E-state index in [2.05, 4.69) is 0 Å². The molecular weight excluding hydrogens is 472 g/mol. The van der Waals surface area contributed by atoms with E-state index >= 15 is 0 Å². The number of nitrogens with zero attached hydrogens (tertiary/aromatic N) is 2. The van der Waals surface area contributed by atoms with Gasteiger partial charge in [0.05, 0.1) is 0 Å². The van der Waals surface area contributed by atoms with Crippen LogP contribution in [-0.4, -0.2) is 58.9 Å². The monoisotopic (exact) mass is 500 g/mol. The number of carbonyl (C=O) groups excluding carboxylic acids is 2. The lowest BCUT2D eigenvalue weighted by atomic mass is 9.98. The maximum absolute atomic E-state index is 13.3. The predicted molar refractivity (Wildman–Crippen MR) is 136 cm³/mol. The number of benzene rings is 3. The molecule has 0 radical (unpaired) electrons. The van der Waals surface area contributed by atoms with Crippen molar-refractivity contribution in [3.8, 4) is 11.1 Å². The summed E-state index contributed by atoms with van der Waals surface area (Å²) in [5.41, 5.74) is 5.17. The molecule has 1 heterocycles. The van der Waals surface area contributed by atoms with Crippen molar-refractivity contribution in [3.63, 3.8) is 0 Å². The second-order valence-corrected chi connectivity index (χ2v) is 9.22. The molecule has 8 nitrogen and oxygen atoms in total. The molecule has 0 spiro atoms. The predicted octanol–water partition coefficient (Wildman–Crippen LogP) is 5.08. The molecule has 1 aliphatic carbocycles. The van der Waals surface area contributed by atoms with Crippen molar-refractivity contribution < 1.29 is 29.0 Å². The first-order valence-electron chi connectivity index (χ1n) is 12.3. The van der Waals surface area contributed by atoms with E-state index in [1.807, 2.05) is 78.9 Å². The summed E-state index contributed by atoms with van der Waals surface area (Å²) >= 11 is 0. The van der Waals surface area contributed by atoms with Crippen molar-refractivity contribution in [2.24, 2.45) is 0 Å². The summed E-state index contributed by atoms with van der Waals surface area (Å²) in [6.45, 7) is 0.212. The Morgan fingerprint density at radius 3 is 2.08 bits per heavy atom. The first-order chi connectivity index (χ1) is 18.0. The largest absolute Gasteiger partial charge is 0.480 e. The lowest BCUT2D eigenvalue weighted by molar-refractivity contribution is -0.143. The molecule has 1 saturated heterocycles. The third-order valence-electron chi connectivity index (χ3n) is 6.92. The number of carboxylic acid groups (broad SMARTS) is 1. The van der Waals surface area contributed by atoms with Crippen LogP contribution in [0, 0.1) is 0 Å². The fraction of sp³-hybridized carbons (Fsp3) is 0.276. The van der Waals surface area contributed by atoms with Crippen LogP contribution < -0.4 is 0 Å². The van der Waals surface area contributed by atoms with Crippen molar-refractivity contribution in [3.05, 3.63) is 95.6 Å². The molecule has 1 fully saturated rings. The van der Waals surface area contributed by atoms with E-state index < -0.39 is 24.2 Å². The Morgan fingerprint density at radius 2 is 1.43 bits per heavy atom. The smallest absolute Gasteiger partial charge is 0.411 e.